The van der Waals surface area contributed by atoms with Gasteiger partial charge in [0.15, 0.2) is 0 Å². The fourth-order valence-electron chi connectivity index (χ4n) is 1.87. The van der Waals surface area contributed by atoms with Gasteiger partial charge in [-0.15, -0.1) is 5.92 Å². The molecule has 0 amide bonds. The lowest BCUT2D eigenvalue weighted by molar-refractivity contribution is 0.229. The average molecular weight is 248 g/mol. The summed E-state index contributed by atoms with van der Waals surface area (Å²) in [5.41, 5.74) is 2.78. The van der Waals surface area contributed by atoms with Crippen molar-refractivity contribution < 1.29 is 5.11 Å². The average Bonchev–Trinajstić information content (AvgIpc) is 2.47. The van der Waals surface area contributed by atoms with Gasteiger partial charge in [0.05, 0.1) is 6.10 Å². The van der Waals surface area contributed by atoms with Gasteiger partial charge in [0.1, 0.15) is 0 Å². The lowest BCUT2D eigenvalue weighted by Gasteiger charge is -2.08. The van der Waals surface area contributed by atoms with Gasteiger partial charge in [0, 0.05) is 5.56 Å². The van der Waals surface area contributed by atoms with E-state index in [-0.39, 0.29) is 0 Å². The van der Waals surface area contributed by atoms with Crippen molar-refractivity contribution in [3.8, 4) is 11.8 Å². The van der Waals surface area contributed by atoms with Crippen molar-refractivity contribution in [2.24, 2.45) is 0 Å². The second-order valence-electron chi connectivity index (χ2n) is 4.18. The van der Waals surface area contributed by atoms with Gasteiger partial charge in [0.25, 0.3) is 0 Å². The third kappa shape index (κ3) is 3.58. The van der Waals surface area contributed by atoms with E-state index < -0.39 is 6.10 Å². The predicted octanol–water partition coefficient (Wildman–Crippen LogP) is 3.80. The van der Waals surface area contributed by atoms with E-state index in [1.165, 1.54) is 0 Å². The molecule has 0 aliphatic carbocycles. The van der Waals surface area contributed by atoms with Crippen LogP contribution < -0.4 is 0 Å². The molecule has 2 aromatic rings. The summed E-state index contributed by atoms with van der Waals surface area (Å²) in [6.07, 6.45) is 3.06. The summed E-state index contributed by atoms with van der Waals surface area (Å²) in [6, 6.07) is 17.6. The molecule has 1 N–H and O–H groups in total. The highest BCUT2D eigenvalue weighted by Crippen LogP contribution is 2.19. The van der Waals surface area contributed by atoms with Crippen LogP contribution in [0.5, 0.6) is 0 Å². The minimum Gasteiger partial charge on any atom is -0.384 e. The highest BCUT2D eigenvalue weighted by Gasteiger charge is 2.07. The Morgan fingerprint density at radius 1 is 1.00 bits per heavy atom. The van der Waals surface area contributed by atoms with Gasteiger partial charge in [0.2, 0.25) is 0 Å². The molecule has 0 bridgehead atoms. The standard InChI is InChI=1S/C18H16O/c1-2-8-16-11-6-7-12-17(16)18(19)14-13-15-9-4-3-5-10-15/h3-7,9-14,18-19H,1H3. The molecule has 0 aliphatic rings. The Hall–Kier alpha value is -2.30. The Morgan fingerprint density at radius 2 is 1.68 bits per heavy atom. The van der Waals surface area contributed by atoms with E-state index in [0.29, 0.717) is 0 Å². The van der Waals surface area contributed by atoms with Crippen LogP contribution in [0.4, 0.5) is 0 Å². The minimum absolute atomic E-state index is 0.641. The Labute approximate surface area is 114 Å². The van der Waals surface area contributed by atoms with Gasteiger partial charge < -0.3 is 5.11 Å². The molecular weight excluding hydrogens is 232 g/mol. The highest BCUT2D eigenvalue weighted by molar-refractivity contribution is 5.51. The number of aliphatic hydroxyl groups is 1. The smallest absolute Gasteiger partial charge is 0.0987 e. The molecule has 0 fully saturated rings. The highest BCUT2D eigenvalue weighted by atomic mass is 16.3. The fourth-order valence-corrected chi connectivity index (χ4v) is 1.87. The number of aliphatic hydroxyl groups excluding tert-OH is 1. The van der Waals surface area contributed by atoms with Crippen LogP contribution in [0.3, 0.4) is 0 Å². The lowest BCUT2D eigenvalue weighted by Crippen LogP contribution is -1.96. The number of hydrogen-bond acceptors (Lipinski definition) is 1. The van der Waals surface area contributed by atoms with Gasteiger partial charge in [-0.2, -0.15) is 0 Å². The van der Waals surface area contributed by atoms with E-state index in [1.807, 2.05) is 60.7 Å². The summed E-state index contributed by atoms with van der Waals surface area (Å²) in [5.74, 6) is 5.88. The zero-order valence-electron chi connectivity index (χ0n) is 10.9. The third-order valence-corrected chi connectivity index (χ3v) is 2.81. The van der Waals surface area contributed by atoms with E-state index in [2.05, 4.69) is 11.8 Å². The molecule has 0 aromatic heterocycles. The molecule has 94 valence electrons. The molecule has 2 aromatic carbocycles. The molecular formula is C18H16O. The SMILES string of the molecule is CC#Cc1ccccc1C(O)C=Cc1ccccc1. The predicted molar refractivity (Wildman–Crippen MR) is 79.4 cm³/mol. The molecule has 0 saturated carbocycles. The molecule has 1 unspecified atom stereocenters. The summed E-state index contributed by atoms with van der Waals surface area (Å²) in [4.78, 5) is 0. The molecule has 0 spiro atoms. The summed E-state index contributed by atoms with van der Waals surface area (Å²) in [6.45, 7) is 1.79. The quantitative estimate of drug-likeness (QED) is 0.819. The van der Waals surface area contributed by atoms with Crippen molar-refractivity contribution in [2.45, 2.75) is 13.0 Å². The summed E-state index contributed by atoms with van der Waals surface area (Å²) in [7, 11) is 0. The first-order valence-electron chi connectivity index (χ1n) is 6.24. The van der Waals surface area contributed by atoms with Crippen LogP contribution in [0.15, 0.2) is 60.7 Å². The zero-order valence-corrected chi connectivity index (χ0v) is 10.9. The number of rotatable bonds is 3. The second-order valence-corrected chi connectivity index (χ2v) is 4.18. The van der Waals surface area contributed by atoms with E-state index in [0.717, 1.165) is 16.7 Å². The van der Waals surface area contributed by atoms with Crippen LogP contribution >= 0.6 is 0 Å². The molecule has 0 aliphatic heterocycles. The third-order valence-electron chi connectivity index (χ3n) is 2.81. The number of benzene rings is 2. The molecule has 1 nitrogen and oxygen atoms in total. The van der Waals surface area contributed by atoms with Crippen LogP contribution in [-0.4, -0.2) is 5.11 Å². The molecule has 1 atom stereocenters. The fraction of sp³-hybridized carbons (Fsp3) is 0.111. The minimum atomic E-state index is -0.641. The van der Waals surface area contributed by atoms with Crippen LogP contribution in [0.1, 0.15) is 29.7 Å². The van der Waals surface area contributed by atoms with Crippen molar-refractivity contribution in [2.75, 3.05) is 0 Å². The molecule has 2 rings (SSSR count). The van der Waals surface area contributed by atoms with Crippen molar-refractivity contribution in [1.29, 1.82) is 0 Å². The van der Waals surface area contributed by atoms with Crippen molar-refractivity contribution in [3.63, 3.8) is 0 Å². The van der Waals surface area contributed by atoms with E-state index in [9.17, 15) is 5.11 Å². The van der Waals surface area contributed by atoms with E-state index in [4.69, 9.17) is 0 Å². The summed E-state index contributed by atoms with van der Waals surface area (Å²) < 4.78 is 0. The van der Waals surface area contributed by atoms with Crippen molar-refractivity contribution in [1.82, 2.24) is 0 Å². The monoisotopic (exact) mass is 248 g/mol. The number of hydrogen-bond donors (Lipinski definition) is 1. The Bertz CT molecular complexity index is 615. The Kier molecular flexibility index (Phi) is 4.55. The summed E-state index contributed by atoms with van der Waals surface area (Å²) >= 11 is 0. The zero-order chi connectivity index (χ0) is 13.5. The lowest BCUT2D eigenvalue weighted by atomic mass is 10.0. The van der Waals surface area contributed by atoms with Crippen LogP contribution in [-0.2, 0) is 0 Å². The Morgan fingerprint density at radius 3 is 2.42 bits per heavy atom. The van der Waals surface area contributed by atoms with Gasteiger partial charge in [-0.05, 0) is 24.1 Å². The van der Waals surface area contributed by atoms with Crippen molar-refractivity contribution >= 4 is 6.08 Å². The topological polar surface area (TPSA) is 20.2 Å². The molecule has 0 radical (unpaired) electrons. The van der Waals surface area contributed by atoms with E-state index >= 15 is 0 Å². The normalized spacial score (nSPS) is 11.9. The first-order chi connectivity index (χ1) is 9.31. The molecule has 1 heteroatoms. The first-order valence-corrected chi connectivity index (χ1v) is 6.24. The van der Waals surface area contributed by atoms with Gasteiger partial charge in [-0.25, -0.2) is 0 Å². The van der Waals surface area contributed by atoms with Gasteiger partial charge in [-0.3, -0.25) is 0 Å². The molecule has 0 heterocycles. The van der Waals surface area contributed by atoms with Gasteiger partial charge >= 0.3 is 0 Å². The maximum atomic E-state index is 10.2. The maximum absolute atomic E-state index is 10.2. The van der Waals surface area contributed by atoms with E-state index in [1.54, 1.807) is 13.0 Å². The largest absolute Gasteiger partial charge is 0.384 e. The van der Waals surface area contributed by atoms with Gasteiger partial charge in [-0.1, -0.05) is 66.6 Å². The maximum Gasteiger partial charge on any atom is 0.0987 e. The van der Waals surface area contributed by atoms with Crippen LogP contribution in [0, 0.1) is 11.8 Å². The molecule has 0 saturated heterocycles. The summed E-state index contributed by atoms with van der Waals surface area (Å²) in [5, 5.41) is 10.2. The van der Waals surface area contributed by atoms with Crippen molar-refractivity contribution in [3.05, 3.63) is 77.4 Å². The van der Waals surface area contributed by atoms with Crippen LogP contribution in [0.2, 0.25) is 0 Å². The second kappa shape index (κ2) is 6.58. The van der Waals surface area contributed by atoms with Crippen LogP contribution in [0.25, 0.3) is 6.08 Å². The first kappa shape index (κ1) is 13.1. The molecule has 19 heavy (non-hydrogen) atoms. The Balaban J connectivity index is 2.22.